The number of benzene rings is 1. The van der Waals surface area contributed by atoms with Crippen LogP contribution in [0.15, 0.2) is 18.2 Å². The minimum absolute atomic E-state index is 0.0624. The third kappa shape index (κ3) is 2.63. The first-order chi connectivity index (χ1) is 9.17. The first kappa shape index (κ1) is 13.2. The summed E-state index contributed by atoms with van der Waals surface area (Å²) in [5.74, 6) is 0.0624. The first-order valence-electron chi connectivity index (χ1n) is 6.47. The molecule has 0 spiro atoms. The number of nitrogens with one attached hydrogen (secondary N) is 1. The van der Waals surface area contributed by atoms with Gasteiger partial charge in [-0.1, -0.05) is 6.92 Å². The van der Waals surface area contributed by atoms with E-state index in [0.29, 0.717) is 12.2 Å². The van der Waals surface area contributed by atoms with Crippen LogP contribution < -0.4 is 16.0 Å². The van der Waals surface area contributed by atoms with E-state index in [-0.39, 0.29) is 18.4 Å². The van der Waals surface area contributed by atoms with Crippen LogP contribution in [-0.4, -0.2) is 25.0 Å². The molecule has 5 nitrogen and oxygen atoms in total. The molecule has 1 amide bonds. The first-order valence-corrected chi connectivity index (χ1v) is 6.47. The van der Waals surface area contributed by atoms with Crippen LogP contribution in [0, 0.1) is 11.3 Å². The molecule has 100 valence electrons. The van der Waals surface area contributed by atoms with Gasteiger partial charge in [-0.25, -0.2) is 0 Å². The number of carbonyl (C=O) groups excluding carboxylic acids is 1. The number of hydrogen-bond donors (Lipinski definition) is 2. The van der Waals surface area contributed by atoms with Crippen LogP contribution in [0.2, 0.25) is 0 Å². The topological polar surface area (TPSA) is 82.2 Å². The molecule has 5 heteroatoms. The summed E-state index contributed by atoms with van der Waals surface area (Å²) in [7, 11) is 0. The molecular formula is C14H18N4O. The van der Waals surface area contributed by atoms with Crippen molar-refractivity contribution in [3.63, 3.8) is 0 Å². The molecule has 0 saturated carbocycles. The van der Waals surface area contributed by atoms with Crippen LogP contribution in [0.5, 0.6) is 0 Å². The SMILES string of the molecule is CCC1C(=O)NCCN1c1ccc(N)c(CC#N)c1. The second-order valence-electron chi connectivity index (χ2n) is 4.63. The molecule has 1 atom stereocenters. The lowest BCUT2D eigenvalue weighted by Gasteiger charge is -2.36. The summed E-state index contributed by atoms with van der Waals surface area (Å²) in [6, 6.07) is 7.60. The Morgan fingerprint density at radius 2 is 2.37 bits per heavy atom. The van der Waals surface area contributed by atoms with Crippen LogP contribution in [0.25, 0.3) is 0 Å². The van der Waals surface area contributed by atoms with Gasteiger partial charge >= 0.3 is 0 Å². The van der Waals surface area contributed by atoms with Crippen LogP contribution in [-0.2, 0) is 11.2 Å². The maximum absolute atomic E-state index is 11.9. The van der Waals surface area contributed by atoms with Gasteiger partial charge in [0.25, 0.3) is 0 Å². The Hall–Kier alpha value is -2.22. The molecule has 0 aliphatic carbocycles. The summed E-state index contributed by atoms with van der Waals surface area (Å²) < 4.78 is 0. The van der Waals surface area contributed by atoms with Gasteiger partial charge in [-0.15, -0.1) is 0 Å². The lowest BCUT2D eigenvalue weighted by atomic mass is 10.1. The Morgan fingerprint density at radius 3 is 3.05 bits per heavy atom. The van der Waals surface area contributed by atoms with Crippen LogP contribution >= 0.6 is 0 Å². The summed E-state index contributed by atoms with van der Waals surface area (Å²) >= 11 is 0. The molecule has 1 saturated heterocycles. The van der Waals surface area contributed by atoms with Crippen LogP contribution in [0.4, 0.5) is 11.4 Å². The smallest absolute Gasteiger partial charge is 0.242 e. The number of rotatable bonds is 3. The minimum Gasteiger partial charge on any atom is -0.398 e. The fourth-order valence-electron chi connectivity index (χ4n) is 2.44. The molecule has 3 N–H and O–H groups in total. The fraction of sp³-hybridized carbons (Fsp3) is 0.429. The predicted octanol–water partition coefficient (Wildman–Crippen LogP) is 1.05. The van der Waals surface area contributed by atoms with E-state index < -0.39 is 0 Å². The Labute approximate surface area is 113 Å². The second kappa shape index (κ2) is 5.61. The van der Waals surface area contributed by atoms with E-state index in [1.54, 1.807) is 6.07 Å². The lowest BCUT2D eigenvalue weighted by Crippen LogP contribution is -2.55. The van der Waals surface area contributed by atoms with Gasteiger partial charge < -0.3 is 16.0 Å². The van der Waals surface area contributed by atoms with Crippen molar-refractivity contribution in [2.75, 3.05) is 23.7 Å². The number of hydrogen-bond acceptors (Lipinski definition) is 4. The lowest BCUT2D eigenvalue weighted by molar-refractivity contribution is -0.123. The number of nitrogens with zero attached hydrogens (tertiary/aromatic N) is 2. The number of anilines is 2. The monoisotopic (exact) mass is 258 g/mol. The van der Waals surface area contributed by atoms with E-state index in [2.05, 4.69) is 16.3 Å². The van der Waals surface area contributed by atoms with E-state index in [0.717, 1.165) is 24.2 Å². The Bertz CT molecular complexity index is 521. The molecule has 1 aromatic rings. The Balaban J connectivity index is 2.32. The van der Waals surface area contributed by atoms with Crippen molar-refractivity contribution in [3.05, 3.63) is 23.8 Å². The van der Waals surface area contributed by atoms with Crippen LogP contribution in [0.1, 0.15) is 18.9 Å². The zero-order chi connectivity index (χ0) is 13.8. The van der Waals surface area contributed by atoms with Crippen molar-refractivity contribution < 1.29 is 4.79 Å². The third-order valence-electron chi connectivity index (χ3n) is 3.45. The summed E-state index contributed by atoms with van der Waals surface area (Å²) in [5.41, 5.74) is 8.26. The van der Waals surface area contributed by atoms with E-state index in [4.69, 9.17) is 11.0 Å². The van der Waals surface area contributed by atoms with Crippen molar-refractivity contribution in [2.24, 2.45) is 0 Å². The van der Waals surface area contributed by atoms with Crippen molar-refractivity contribution >= 4 is 17.3 Å². The fourth-order valence-corrected chi connectivity index (χ4v) is 2.44. The quantitative estimate of drug-likeness (QED) is 0.794. The average Bonchev–Trinajstić information content (AvgIpc) is 2.41. The molecule has 1 aliphatic heterocycles. The summed E-state index contributed by atoms with van der Waals surface area (Å²) in [6.45, 7) is 3.42. The molecule has 0 radical (unpaired) electrons. The molecule has 19 heavy (non-hydrogen) atoms. The number of amides is 1. The van der Waals surface area contributed by atoms with Gasteiger partial charge in [0.15, 0.2) is 0 Å². The van der Waals surface area contributed by atoms with E-state index in [1.807, 2.05) is 19.1 Å². The third-order valence-corrected chi connectivity index (χ3v) is 3.45. The zero-order valence-electron chi connectivity index (χ0n) is 11.0. The normalized spacial score (nSPS) is 18.8. The summed E-state index contributed by atoms with van der Waals surface area (Å²) in [6.07, 6.45) is 1.04. The maximum Gasteiger partial charge on any atom is 0.242 e. The second-order valence-corrected chi connectivity index (χ2v) is 4.63. The molecule has 1 aliphatic rings. The Morgan fingerprint density at radius 1 is 1.58 bits per heavy atom. The Kier molecular flexibility index (Phi) is 3.91. The average molecular weight is 258 g/mol. The van der Waals surface area contributed by atoms with E-state index in [9.17, 15) is 4.79 Å². The van der Waals surface area contributed by atoms with Crippen molar-refractivity contribution in [2.45, 2.75) is 25.8 Å². The van der Waals surface area contributed by atoms with Crippen molar-refractivity contribution in [3.8, 4) is 6.07 Å². The highest BCUT2D eigenvalue weighted by Gasteiger charge is 2.28. The molecule has 0 bridgehead atoms. The van der Waals surface area contributed by atoms with Gasteiger partial charge in [0.2, 0.25) is 5.91 Å². The molecular weight excluding hydrogens is 240 g/mol. The van der Waals surface area contributed by atoms with Gasteiger partial charge in [-0.2, -0.15) is 5.26 Å². The molecule has 1 aromatic carbocycles. The van der Waals surface area contributed by atoms with E-state index in [1.165, 1.54) is 0 Å². The number of nitrogens with two attached hydrogens (primary N) is 1. The number of piperazine rings is 1. The molecule has 2 rings (SSSR count). The van der Waals surface area contributed by atoms with Gasteiger partial charge in [0, 0.05) is 24.5 Å². The predicted molar refractivity (Wildman–Crippen MR) is 74.6 cm³/mol. The minimum atomic E-state index is -0.146. The van der Waals surface area contributed by atoms with E-state index >= 15 is 0 Å². The largest absolute Gasteiger partial charge is 0.398 e. The molecule has 1 heterocycles. The summed E-state index contributed by atoms with van der Waals surface area (Å²) in [4.78, 5) is 13.9. The molecule has 0 aromatic heterocycles. The maximum atomic E-state index is 11.9. The van der Waals surface area contributed by atoms with Gasteiger partial charge in [-0.05, 0) is 30.2 Å². The summed E-state index contributed by atoms with van der Waals surface area (Å²) in [5, 5.41) is 11.7. The van der Waals surface area contributed by atoms with Crippen molar-refractivity contribution in [1.29, 1.82) is 5.26 Å². The highest BCUT2D eigenvalue weighted by atomic mass is 16.2. The molecule has 1 fully saturated rings. The van der Waals surface area contributed by atoms with Gasteiger partial charge in [0.1, 0.15) is 6.04 Å². The highest BCUT2D eigenvalue weighted by Crippen LogP contribution is 2.25. The number of nitriles is 1. The molecule has 1 unspecified atom stereocenters. The number of nitrogen functional groups attached to an aromatic ring is 1. The standard InChI is InChI=1S/C14H18N4O/c1-2-13-14(19)17-7-8-18(13)11-3-4-12(16)10(9-11)5-6-15/h3-4,9,13H,2,5,7-8,16H2,1H3,(H,17,19). The van der Waals surface area contributed by atoms with Gasteiger partial charge in [0.05, 0.1) is 12.5 Å². The highest BCUT2D eigenvalue weighted by molar-refractivity contribution is 5.86. The number of carbonyl (C=O) groups is 1. The van der Waals surface area contributed by atoms with Crippen molar-refractivity contribution in [1.82, 2.24) is 5.32 Å². The van der Waals surface area contributed by atoms with Crippen LogP contribution in [0.3, 0.4) is 0 Å². The zero-order valence-corrected chi connectivity index (χ0v) is 11.0. The van der Waals surface area contributed by atoms with Gasteiger partial charge in [-0.3, -0.25) is 4.79 Å².